The lowest BCUT2D eigenvalue weighted by molar-refractivity contribution is 0.102. The summed E-state index contributed by atoms with van der Waals surface area (Å²) in [6, 6.07) is 10.3. The molecule has 3 rings (SSSR count). The van der Waals surface area contributed by atoms with E-state index in [-0.39, 0.29) is 16.3 Å². The van der Waals surface area contributed by atoms with E-state index in [0.29, 0.717) is 15.3 Å². The van der Waals surface area contributed by atoms with E-state index in [1.807, 2.05) is 6.92 Å². The maximum absolute atomic E-state index is 13.1. The summed E-state index contributed by atoms with van der Waals surface area (Å²) in [4.78, 5) is 17.9. The standard InChI is InChI=1S/C19H17BrFN3O3S2/c1-11-17(12-4-7-14(21)8-5-12)22-19(28-11)23-18(25)13-6-9-15(20)16(10-13)29(26,27)24(2)3/h4-10H,1-3H3,(H,22,23,25). The number of sulfonamides is 1. The van der Waals surface area contributed by atoms with Gasteiger partial charge in [-0.2, -0.15) is 0 Å². The molecule has 0 fully saturated rings. The maximum atomic E-state index is 13.1. The maximum Gasteiger partial charge on any atom is 0.257 e. The van der Waals surface area contributed by atoms with Crippen molar-refractivity contribution in [2.45, 2.75) is 11.8 Å². The van der Waals surface area contributed by atoms with Crippen LogP contribution in [-0.4, -0.2) is 37.7 Å². The van der Waals surface area contributed by atoms with Crippen molar-refractivity contribution in [2.75, 3.05) is 19.4 Å². The first-order valence-corrected chi connectivity index (χ1v) is 11.4. The van der Waals surface area contributed by atoms with Crippen LogP contribution in [0.2, 0.25) is 0 Å². The number of rotatable bonds is 5. The Bertz CT molecular complexity index is 1180. The minimum Gasteiger partial charge on any atom is -0.298 e. The number of thiazole rings is 1. The number of halogens is 2. The van der Waals surface area contributed by atoms with Crippen LogP contribution in [0.1, 0.15) is 15.2 Å². The van der Waals surface area contributed by atoms with Crippen molar-refractivity contribution >= 4 is 48.3 Å². The highest BCUT2D eigenvalue weighted by molar-refractivity contribution is 9.10. The summed E-state index contributed by atoms with van der Waals surface area (Å²) >= 11 is 4.50. The Morgan fingerprint density at radius 3 is 2.45 bits per heavy atom. The summed E-state index contributed by atoms with van der Waals surface area (Å²) in [6.45, 7) is 1.85. The van der Waals surface area contributed by atoms with Crippen LogP contribution in [0.3, 0.4) is 0 Å². The molecule has 1 heterocycles. The van der Waals surface area contributed by atoms with Crippen LogP contribution in [0.15, 0.2) is 51.8 Å². The first-order valence-electron chi connectivity index (χ1n) is 8.36. The topological polar surface area (TPSA) is 79.4 Å². The van der Waals surface area contributed by atoms with E-state index < -0.39 is 15.9 Å². The van der Waals surface area contributed by atoms with E-state index in [0.717, 1.165) is 14.7 Å². The largest absolute Gasteiger partial charge is 0.298 e. The van der Waals surface area contributed by atoms with Gasteiger partial charge in [-0.05, 0) is 65.3 Å². The van der Waals surface area contributed by atoms with Crippen LogP contribution in [0.5, 0.6) is 0 Å². The van der Waals surface area contributed by atoms with Gasteiger partial charge < -0.3 is 0 Å². The number of nitrogens with zero attached hydrogens (tertiary/aromatic N) is 2. The monoisotopic (exact) mass is 497 g/mol. The van der Waals surface area contributed by atoms with Crippen molar-refractivity contribution in [3.8, 4) is 11.3 Å². The van der Waals surface area contributed by atoms with Gasteiger partial charge in [0.15, 0.2) is 5.13 Å². The zero-order chi connectivity index (χ0) is 21.3. The second-order valence-corrected chi connectivity index (χ2v) is 10.5. The zero-order valence-corrected chi connectivity index (χ0v) is 19.0. The highest BCUT2D eigenvalue weighted by Crippen LogP contribution is 2.31. The van der Waals surface area contributed by atoms with Crippen molar-refractivity contribution in [3.63, 3.8) is 0 Å². The molecule has 0 aliphatic carbocycles. The van der Waals surface area contributed by atoms with Crippen molar-refractivity contribution in [3.05, 3.63) is 63.2 Å². The molecule has 0 aliphatic heterocycles. The van der Waals surface area contributed by atoms with E-state index in [4.69, 9.17) is 0 Å². The van der Waals surface area contributed by atoms with E-state index in [9.17, 15) is 17.6 Å². The van der Waals surface area contributed by atoms with Crippen LogP contribution >= 0.6 is 27.3 Å². The molecule has 29 heavy (non-hydrogen) atoms. The average Bonchev–Trinajstić information content (AvgIpc) is 3.02. The highest BCUT2D eigenvalue weighted by Gasteiger charge is 2.22. The van der Waals surface area contributed by atoms with Gasteiger partial charge in [-0.25, -0.2) is 22.1 Å². The number of hydrogen-bond donors (Lipinski definition) is 1. The number of benzene rings is 2. The fourth-order valence-electron chi connectivity index (χ4n) is 2.53. The third kappa shape index (κ3) is 4.55. The molecule has 2 aromatic carbocycles. The Hall–Kier alpha value is -2.14. The molecule has 1 aromatic heterocycles. The number of aromatic nitrogens is 1. The lowest BCUT2D eigenvalue weighted by Gasteiger charge is -2.13. The molecule has 6 nitrogen and oxygen atoms in total. The first kappa shape index (κ1) is 21.6. The third-order valence-corrected chi connectivity index (χ3v) is 7.78. The minimum absolute atomic E-state index is 0.00234. The normalized spacial score (nSPS) is 11.7. The Kier molecular flexibility index (Phi) is 6.18. The summed E-state index contributed by atoms with van der Waals surface area (Å²) in [5.41, 5.74) is 1.57. The fraction of sp³-hybridized carbons (Fsp3) is 0.158. The molecule has 0 aliphatic rings. The van der Waals surface area contributed by atoms with Gasteiger partial charge in [-0.15, -0.1) is 11.3 Å². The number of aryl methyl sites for hydroxylation is 1. The highest BCUT2D eigenvalue weighted by atomic mass is 79.9. The van der Waals surface area contributed by atoms with Gasteiger partial charge in [-0.1, -0.05) is 0 Å². The molecule has 0 saturated heterocycles. The Morgan fingerprint density at radius 2 is 1.83 bits per heavy atom. The van der Waals surface area contributed by atoms with E-state index in [1.165, 1.54) is 55.8 Å². The quantitative estimate of drug-likeness (QED) is 0.561. The van der Waals surface area contributed by atoms with Gasteiger partial charge in [0, 0.05) is 34.6 Å². The SMILES string of the molecule is Cc1sc(NC(=O)c2ccc(Br)c(S(=O)(=O)N(C)C)c2)nc1-c1ccc(F)cc1. The number of carbonyl (C=O) groups is 1. The van der Waals surface area contributed by atoms with Crippen molar-refractivity contribution in [1.82, 2.24) is 9.29 Å². The number of hydrogen-bond acceptors (Lipinski definition) is 5. The number of anilines is 1. The number of carbonyl (C=O) groups excluding carboxylic acids is 1. The Labute approximate surface area is 180 Å². The molecular formula is C19H17BrFN3O3S2. The summed E-state index contributed by atoms with van der Waals surface area (Å²) in [5.74, 6) is -0.819. The lowest BCUT2D eigenvalue weighted by Crippen LogP contribution is -2.23. The van der Waals surface area contributed by atoms with Gasteiger partial charge >= 0.3 is 0 Å². The summed E-state index contributed by atoms with van der Waals surface area (Å²) < 4.78 is 39.5. The van der Waals surface area contributed by atoms with Gasteiger partial charge in [0.2, 0.25) is 10.0 Å². The second-order valence-electron chi connectivity index (χ2n) is 6.32. The molecule has 0 radical (unpaired) electrons. The van der Waals surface area contributed by atoms with Crippen LogP contribution in [0, 0.1) is 12.7 Å². The molecule has 1 amide bonds. The molecule has 152 valence electrons. The van der Waals surface area contributed by atoms with Crippen molar-refractivity contribution in [2.24, 2.45) is 0 Å². The molecular weight excluding hydrogens is 481 g/mol. The van der Waals surface area contributed by atoms with Gasteiger partial charge in [0.25, 0.3) is 5.91 Å². The Balaban J connectivity index is 1.88. The molecule has 0 saturated carbocycles. The molecule has 1 N–H and O–H groups in total. The minimum atomic E-state index is -3.72. The number of amides is 1. The average molecular weight is 498 g/mol. The summed E-state index contributed by atoms with van der Waals surface area (Å²) in [7, 11) is -0.875. The zero-order valence-electron chi connectivity index (χ0n) is 15.7. The third-order valence-electron chi connectivity index (χ3n) is 4.09. The smallest absolute Gasteiger partial charge is 0.257 e. The first-order chi connectivity index (χ1) is 13.6. The van der Waals surface area contributed by atoms with E-state index >= 15 is 0 Å². The van der Waals surface area contributed by atoms with Crippen LogP contribution in [0.4, 0.5) is 9.52 Å². The van der Waals surface area contributed by atoms with Crippen LogP contribution < -0.4 is 5.32 Å². The van der Waals surface area contributed by atoms with Crippen LogP contribution in [-0.2, 0) is 10.0 Å². The summed E-state index contributed by atoms with van der Waals surface area (Å²) in [6.07, 6.45) is 0. The van der Waals surface area contributed by atoms with Gasteiger partial charge in [0.05, 0.1) is 10.6 Å². The molecule has 0 bridgehead atoms. The van der Waals surface area contributed by atoms with Crippen LogP contribution in [0.25, 0.3) is 11.3 Å². The van der Waals surface area contributed by atoms with Crippen molar-refractivity contribution in [1.29, 1.82) is 0 Å². The second kappa shape index (κ2) is 8.31. The molecule has 3 aromatic rings. The van der Waals surface area contributed by atoms with Crippen molar-refractivity contribution < 1.29 is 17.6 Å². The predicted molar refractivity (Wildman–Crippen MR) is 115 cm³/mol. The number of nitrogens with one attached hydrogen (secondary N) is 1. The Morgan fingerprint density at radius 1 is 1.17 bits per heavy atom. The molecule has 10 heteroatoms. The summed E-state index contributed by atoms with van der Waals surface area (Å²) in [5, 5.41) is 3.07. The van der Waals surface area contributed by atoms with Gasteiger partial charge in [-0.3, -0.25) is 10.1 Å². The predicted octanol–water partition coefficient (Wildman–Crippen LogP) is 4.52. The fourth-order valence-corrected chi connectivity index (χ4v) is 5.21. The van der Waals surface area contributed by atoms with E-state index in [2.05, 4.69) is 26.2 Å². The molecule has 0 spiro atoms. The van der Waals surface area contributed by atoms with E-state index in [1.54, 1.807) is 12.1 Å². The molecule has 0 atom stereocenters. The lowest BCUT2D eigenvalue weighted by atomic mass is 10.1. The molecule has 0 unspecified atom stereocenters. The van der Waals surface area contributed by atoms with Gasteiger partial charge in [0.1, 0.15) is 5.82 Å².